The summed E-state index contributed by atoms with van der Waals surface area (Å²) in [5, 5.41) is 18.3. The first-order chi connectivity index (χ1) is 8.27. The van der Waals surface area contributed by atoms with Crippen molar-refractivity contribution >= 4 is 11.6 Å². The van der Waals surface area contributed by atoms with Crippen LogP contribution in [0.25, 0.3) is 0 Å². The van der Waals surface area contributed by atoms with E-state index in [4.69, 9.17) is 10.00 Å². The van der Waals surface area contributed by atoms with Gasteiger partial charge < -0.3 is 14.7 Å². The normalized spacial score (nSPS) is 20.1. The molecule has 0 spiro atoms. The summed E-state index contributed by atoms with van der Waals surface area (Å²) in [5.41, 5.74) is 0.948. The Morgan fingerprint density at radius 3 is 3.00 bits per heavy atom. The average molecular weight is 232 g/mol. The molecule has 1 fully saturated rings. The first kappa shape index (κ1) is 11.6. The minimum Gasteiger partial charge on any atom is -0.394 e. The summed E-state index contributed by atoms with van der Waals surface area (Å²) >= 11 is 0. The molecular formula is C12H12N2O3. The Bertz CT molecular complexity index is 467. The van der Waals surface area contributed by atoms with E-state index in [0.717, 1.165) is 0 Å². The van der Waals surface area contributed by atoms with Gasteiger partial charge in [-0.05, 0) is 12.1 Å². The van der Waals surface area contributed by atoms with E-state index in [1.165, 1.54) is 4.90 Å². The third kappa shape index (κ3) is 2.13. The SMILES string of the molecule is N#Cc1ccccc1N1C(=O)COCC1CO. The lowest BCUT2D eigenvalue weighted by Gasteiger charge is -2.34. The maximum Gasteiger partial charge on any atom is 0.253 e. The van der Waals surface area contributed by atoms with Gasteiger partial charge in [-0.2, -0.15) is 5.26 Å². The summed E-state index contributed by atoms with van der Waals surface area (Å²) < 4.78 is 5.08. The van der Waals surface area contributed by atoms with E-state index >= 15 is 0 Å². The molecule has 1 aliphatic heterocycles. The summed E-state index contributed by atoms with van der Waals surface area (Å²) in [4.78, 5) is 13.3. The van der Waals surface area contributed by atoms with E-state index < -0.39 is 6.04 Å². The molecule has 0 bridgehead atoms. The van der Waals surface area contributed by atoms with Gasteiger partial charge >= 0.3 is 0 Å². The second kappa shape index (κ2) is 4.95. The number of rotatable bonds is 2. The highest BCUT2D eigenvalue weighted by atomic mass is 16.5. The van der Waals surface area contributed by atoms with Crippen LogP contribution >= 0.6 is 0 Å². The number of nitrogens with zero attached hydrogens (tertiary/aromatic N) is 2. The fraction of sp³-hybridized carbons (Fsp3) is 0.333. The molecule has 0 aliphatic carbocycles. The van der Waals surface area contributed by atoms with Crippen molar-refractivity contribution in [3.63, 3.8) is 0 Å². The van der Waals surface area contributed by atoms with E-state index in [0.29, 0.717) is 11.3 Å². The zero-order valence-electron chi connectivity index (χ0n) is 9.17. The van der Waals surface area contributed by atoms with Crippen LogP contribution in [0.3, 0.4) is 0 Å². The number of amides is 1. The number of anilines is 1. The first-order valence-electron chi connectivity index (χ1n) is 5.27. The Labute approximate surface area is 98.8 Å². The summed E-state index contributed by atoms with van der Waals surface area (Å²) in [6.07, 6.45) is 0. The predicted molar refractivity (Wildman–Crippen MR) is 60.3 cm³/mol. The molecular weight excluding hydrogens is 220 g/mol. The van der Waals surface area contributed by atoms with Gasteiger partial charge in [0.15, 0.2) is 0 Å². The quantitative estimate of drug-likeness (QED) is 0.795. The lowest BCUT2D eigenvalue weighted by atomic mass is 10.1. The van der Waals surface area contributed by atoms with Crippen LogP contribution in [0.4, 0.5) is 5.69 Å². The zero-order valence-corrected chi connectivity index (χ0v) is 9.17. The number of ether oxygens (including phenoxy) is 1. The summed E-state index contributed by atoms with van der Waals surface area (Å²) in [6.45, 7) is 0.0732. The van der Waals surface area contributed by atoms with Crippen LogP contribution < -0.4 is 4.90 Å². The molecule has 1 aromatic carbocycles. The molecule has 1 aliphatic rings. The summed E-state index contributed by atoms with van der Waals surface area (Å²) in [5.74, 6) is -0.238. The van der Waals surface area contributed by atoms with Crippen molar-refractivity contribution in [2.45, 2.75) is 6.04 Å². The van der Waals surface area contributed by atoms with Crippen molar-refractivity contribution in [1.29, 1.82) is 5.26 Å². The number of aliphatic hydroxyl groups is 1. The fourth-order valence-electron chi connectivity index (χ4n) is 1.87. The van der Waals surface area contributed by atoms with Gasteiger partial charge in [0.1, 0.15) is 12.7 Å². The number of benzene rings is 1. The summed E-state index contributed by atoms with van der Waals surface area (Å²) in [6, 6.07) is 8.46. The Morgan fingerprint density at radius 1 is 1.53 bits per heavy atom. The molecule has 5 heteroatoms. The number of hydrogen-bond donors (Lipinski definition) is 1. The maximum absolute atomic E-state index is 11.8. The second-order valence-corrected chi connectivity index (χ2v) is 3.74. The molecule has 17 heavy (non-hydrogen) atoms. The van der Waals surface area contributed by atoms with Gasteiger partial charge in [-0.1, -0.05) is 12.1 Å². The third-order valence-electron chi connectivity index (χ3n) is 2.66. The summed E-state index contributed by atoms with van der Waals surface area (Å²) in [7, 11) is 0. The number of aliphatic hydroxyl groups excluding tert-OH is 1. The number of morpholine rings is 1. The molecule has 88 valence electrons. The fourth-order valence-corrected chi connectivity index (χ4v) is 1.87. The molecule has 1 heterocycles. The topological polar surface area (TPSA) is 73.6 Å². The van der Waals surface area contributed by atoms with Crippen LogP contribution in [-0.4, -0.2) is 36.9 Å². The van der Waals surface area contributed by atoms with Crippen molar-refractivity contribution in [3.05, 3.63) is 29.8 Å². The Balaban J connectivity index is 2.42. The van der Waals surface area contributed by atoms with Gasteiger partial charge in [-0.15, -0.1) is 0 Å². The van der Waals surface area contributed by atoms with Crippen LogP contribution in [0.15, 0.2) is 24.3 Å². The van der Waals surface area contributed by atoms with Crippen LogP contribution in [0.2, 0.25) is 0 Å². The molecule has 1 aromatic rings. The number of nitriles is 1. The Hall–Kier alpha value is -1.90. The molecule has 1 N–H and O–H groups in total. The average Bonchev–Trinajstić information content (AvgIpc) is 2.38. The van der Waals surface area contributed by atoms with Gasteiger partial charge in [-0.25, -0.2) is 0 Å². The van der Waals surface area contributed by atoms with Crippen LogP contribution in [0.1, 0.15) is 5.56 Å². The lowest BCUT2D eigenvalue weighted by molar-refractivity contribution is -0.128. The molecule has 0 saturated carbocycles. The monoisotopic (exact) mass is 232 g/mol. The number of carbonyl (C=O) groups excluding carboxylic acids is 1. The second-order valence-electron chi connectivity index (χ2n) is 3.74. The Morgan fingerprint density at radius 2 is 2.29 bits per heavy atom. The molecule has 1 atom stereocenters. The van der Waals surface area contributed by atoms with Gasteiger partial charge in [0.2, 0.25) is 0 Å². The highest BCUT2D eigenvalue weighted by molar-refractivity contribution is 5.96. The van der Waals surface area contributed by atoms with E-state index in [9.17, 15) is 9.90 Å². The van der Waals surface area contributed by atoms with Crippen LogP contribution in [-0.2, 0) is 9.53 Å². The van der Waals surface area contributed by atoms with Crippen molar-refractivity contribution in [1.82, 2.24) is 0 Å². The van der Waals surface area contributed by atoms with E-state index in [1.54, 1.807) is 24.3 Å². The largest absolute Gasteiger partial charge is 0.394 e. The van der Waals surface area contributed by atoms with Gasteiger partial charge in [0.05, 0.1) is 30.5 Å². The molecule has 1 amide bonds. The van der Waals surface area contributed by atoms with Crippen molar-refractivity contribution in [3.8, 4) is 6.07 Å². The number of para-hydroxylation sites is 1. The molecule has 1 saturated heterocycles. The standard InChI is InChI=1S/C12H12N2O3/c13-5-9-3-1-2-4-11(9)14-10(6-15)7-17-8-12(14)16/h1-4,10,15H,6-8H2. The van der Waals surface area contributed by atoms with Gasteiger partial charge in [0.25, 0.3) is 5.91 Å². The molecule has 5 nitrogen and oxygen atoms in total. The van der Waals surface area contributed by atoms with Crippen molar-refractivity contribution in [2.24, 2.45) is 0 Å². The Kier molecular flexibility index (Phi) is 3.38. The van der Waals surface area contributed by atoms with E-state index in [2.05, 4.69) is 0 Å². The van der Waals surface area contributed by atoms with Crippen LogP contribution in [0, 0.1) is 11.3 Å². The molecule has 1 unspecified atom stereocenters. The van der Waals surface area contributed by atoms with Crippen LogP contribution in [0.5, 0.6) is 0 Å². The van der Waals surface area contributed by atoms with Crippen molar-refractivity contribution in [2.75, 3.05) is 24.7 Å². The molecule has 0 aromatic heterocycles. The zero-order chi connectivity index (χ0) is 12.3. The minimum atomic E-state index is -0.425. The third-order valence-corrected chi connectivity index (χ3v) is 2.66. The lowest BCUT2D eigenvalue weighted by Crippen LogP contribution is -2.51. The van der Waals surface area contributed by atoms with E-state index in [-0.39, 0.29) is 25.7 Å². The predicted octanol–water partition coefficient (Wildman–Crippen LogP) is 0.282. The van der Waals surface area contributed by atoms with Crippen molar-refractivity contribution < 1.29 is 14.6 Å². The van der Waals surface area contributed by atoms with Gasteiger partial charge in [0, 0.05) is 0 Å². The smallest absolute Gasteiger partial charge is 0.253 e. The number of carbonyl (C=O) groups is 1. The molecule has 2 rings (SSSR count). The highest BCUT2D eigenvalue weighted by Gasteiger charge is 2.30. The molecule has 0 radical (unpaired) electrons. The van der Waals surface area contributed by atoms with E-state index in [1.807, 2.05) is 6.07 Å². The number of hydrogen-bond acceptors (Lipinski definition) is 4. The minimum absolute atomic E-state index is 0.0176. The maximum atomic E-state index is 11.8. The van der Waals surface area contributed by atoms with Gasteiger partial charge in [-0.3, -0.25) is 4.79 Å². The first-order valence-corrected chi connectivity index (χ1v) is 5.27. The highest BCUT2D eigenvalue weighted by Crippen LogP contribution is 2.24.